The van der Waals surface area contributed by atoms with E-state index in [9.17, 15) is 9.59 Å². The lowest BCUT2D eigenvalue weighted by Gasteiger charge is -2.14. The molecule has 0 saturated carbocycles. The van der Waals surface area contributed by atoms with Gasteiger partial charge in [-0.15, -0.1) is 0 Å². The van der Waals surface area contributed by atoms with E-state index in [0.29, 0.717) is 34.0 Å². The second kappa shape index (κ2) is 8.96. The van der Waals surface area contributed by atoms with Crippen LogP contribution >= 0.6 is 11.6 Å². The van der Waals surface area contributed by atoms with Crippen molar-refractivity contribution in [2.24, 2.45) is 0 Å². The van der Waals surface area contributed by atoms with E-state index in [2.05, 4.69) is 10.3 Å². The number of para-hydroxylation sites is 1. The first-order valence-electron chi connectivity index (χ1n) is 9.15. The highest BCUT2D eigenvalue weighted by molar-refractivity contribution is 6.32. The Bertz CT molecular complexity index is 1110. The zero-order chi connectivity index (χ0) is 21.0. The molecule has 0 aliphatic rings. The molecule has 0 saturated heterocycles. The van der Waals surface area contributed by atoms with Crippen LogP contribution in [0.3, 0.4) is 0 Å². The lowest BCUT2D eigenvalue weighted by molar-refractivity contribution is -0.121. The maximum absolute atomic E-state index is 12.6. The second-order valence-corrected chi connectivity index (χ2v) is 6.87. The number of aromatic nitrogens is 2. The van der Waals surface area contributed by atoms with E-state index in [1.165, 1.54) is 18.0 Å². The van der Waals surface area contributed by atoms with Crippen molar-refractivity contribution in [1.82, 2.24) is 14.9 Å². The number of fused-ring (bicyclic) bond motifs is 1. The molecule has 0 unspecified atom stereocenters. The number of benzene rings is 2. The van der Waals surface area contributed by atoms with Crippen molar-refractivity contribution in [2.45, 2.75) is 26.9 Å². The first kappa shape index (κ1) is 20.7. The van der Waals surface area contributed by atoms with Crippen molar-refractivity contribution in [3.63, 3.8) is 0 Å². The molecule has 0 radical (unpaired) electrons. The molecule has 1 aromatic heterocycles. The molecule has 0 spiro atoms. The van der Waals surface area contributed by atoms with Crippen molar-refractivity contribution in [2.75, 3.05) is 13.7 Å². The second-order valence-electron chi connectivity index (χ2n) is 6.47. The number of nitrogens with one attached hydrogen (secondary N) is 1. The molecule has 1 N–H and O–H groups in total. The van der Waals surface area contributed by atoms with E-state index in [1.54, 1.807) is 24.3 Å². The van der Waals surface area contributed by atoms with Gasteiger partial charge in [0.1, 0.15) is 6.54 Å². The third kappa shape index (κ3) is 4.51. The van der Waals surface area contributed by atoms with Crippen LogP contribution < -0.4 is 20.3 Å². The van der Waals surface area contributed by atoms with Crippen molar-refractivity contribution >= 4 is 28.4 Å². The van der Waals surface area contributed by atoms with Gasteiger partial charge >= 0.3 is 0 Å². The molecule has 2 aromatic carbocycles. The minimum Gasteiger partial charge on any atom is -0.493 e. The van der Waals surface area contributed by atoms with E-state index in [0.717, 1.165) is 11.1 Å². The van der Waals surface area contributed by atoms with Gasteiger partial charge in [0.25, 0.3) is 5.56 Å². The summed E-state index contributed by atoms with van der Waals surface area (Å²) in [6, 6.07) is 8.86. The lowest BCUT2D eigenvalue weighted by atomic mass is 10.1. The van der Waals surface area contributed by atoms with Crippen molar-refractivity contribution in [1.29, 1.82) is 0 Å². The molecule has 7 nitrogen and oxygen atoms in total. The third-order valence-electron chi connectivity index (χ3n) is 4.44. The fraction of sp³-hybridized carbons (Fsp3) is 0.286. The number of carbonyl (C=O) groups excluding carboxylic acids is 1. The van der Waals surface area contributed by atoms with Crippen molar-refractivity contribution in [3.8, 4) is 11.5 Å². The number of halogens is 1. The van der Waals surface area contributed by atoms with Gasteiger partial charge in [0, 0.05) is 6.54 Å². The van der Waals surface area contributed by atoms with Gasteiger partial charge in [-0.05, 0) is 43.2 Å². The highest BCUT2D eigenvalue weighted by Gasteiger charge is 2.13. The lowest BCUT2D eigenvalue weighted by Crippen LogP contribution is -2.32. The Hall–Kier alpha value is -3.06. The number of carbonyl (C=O) groups is 1. The van der Waals surface area contributed by atoms with E-state index in [4.69, 9.17) is 21.1 Å². The van der Waals surface area contributed by atoms with Crippen LogP contribution in [-0.4, -0.2) is 29.2 Å². The van der Waals surface area contributed by atoms with Gasteiger partial charge in [-0.25, -0.2) is 4.98 Å². The summed E-state index contributed by atoms with van der Waals surface area (Å²) >= 11 is 6.25. The van der Waals surface area contributed by atoms with Gasteiger partial charge in [-0.1, -0.05) is 23.7 Å². The highest BCUT2D eigenvalue weighted by atomic mass is 35.5. The Kier molecular flexibility index (Phi) is 6.39. The van der Waals surface area contributed by atoms with Crippen LogP contribution in [0.5, 0.6) is 11.5 Å². The van der Waals surface area contributed by atoms with Crippen LogP contribution in [0.2, 0.25) is 5.02 Å². The molecule has 0 bridgehead atoms. The number of hydrogen-bond donors (Lipinski definition) is 1. The predicted octanol–water partition coefficient (Wildman–Crippen LogP) is 3.08. The molecule has 1 heterocycles. The van der Waals surface area contributed by atoms with Gasteiger partial charge in [-0.2, -0.15) is 0 Å². The monoisotopic (exact) mass is 415 g/mol. The average molecular weight is 416 g/mol. The van der Waals surface area contributed by atoms with Crippen LogP contribution in [0.1, 0.15) is 18.1 Å². The summed E-state index contributed by atoms with van der Waals surface area (Å²) in [5.74, 6) is 0.648. The first-order chi connectivity index (χ1) is 13.9. The van der Waals surface area contributed by atoms with Crippen LogP contribution in [0.15, 0.2) is 41.5 Å². The quantitative estimate of drug-likeness (QED) is 0.641. The highest BCUT2D eigenvalue weighted by Crippen LogP contribution is 2.36. The smallest absolute Gasteiger partial charge is 0.261 e. The number of ether oxygens (including phenoxy) is 2. The van der Waals surface area contributed by atoms with Crippen LogP contribution in [-0.2, 0) is 17.9 Å². The SMILES string of the molecule is CCOc1c(Cl)cc(CNC(=O)Cn2cnc3c(C)cccc3c2=O)cc1OC. The minimum atomic E-state index is -0.315. The van der Waals surface area contributed by atoms with Gasteiger partial charge in [0.15, 0.2) is 11.5 Å². The molecule has 0 aliphatic heterocycles. The topological polar surface area (TPSA) is 82.5 Å². The molecule has 152 valence electrons. The number of amides is 1. The molecule has 3 aromatic rings. The molecule has 0 atom stereocenters. The van der Waals surface area contributed by atoms with Gasteiger partial charge in [-0.3, -0.25) is 14.2 Å². The van der Waals surface area contributed by atoms with Crippen LogP contribution in [0.4, 0.5) is 0 Å². The summed E-state index contributed by atoms with van der Waals surface area (Å²) < 4.78 is 12.1. The molecular formula is C21H22ClN3O4. The summed E-state index contributed by atoms with van der Waals surface area (Å²) in [5.41, 5.74) is 2.06. The largest absolute Gasteiger partial charge is 0.493 e. The predicted molar refractivity (Wildman–Crippen MR) is 112 cm³/mol. The summed E-state index contributed by atoms with van der Waals surface area (Å²) in [6.45, 7) is 4.31. The maximum Gasteiger partial charge on any atom is 0.261 e. The molecule has 3 rings (SSSR count). The first-order valence-corrected chi connectivity index (χ1v) is 9.53. The maximum atomic E-state index is 12.6. The zero-order valence-electron chi connectivity index (χ0n) is 16.5. The average Bonchev–Trinajstić information content (AvgIpc) is 2.70. The molecule has 0 aliphatic carbocycles. The van der Waals surface area contributed by atoms with E-state index < -0.39 is 0 Å². The number of rotatable bonds is 7. The number of aryl methyl sites for hydroxylation is 1. The van der Waals surface area contributed by atoms with Crippen LogP contribution in [0, 0.1) is 6.92 Å². The van der Waals surface area contributed by atoms with E-state index in [1.807, 2.05) is 19.9 Å². The molecule has 29 heavy (non-hydrogen) atoms. The molecule has 8 heteroatoms. The van der Waals surface area contributed by atoms with E-state index >= 15 is 0 Å². The third-order valence-corrected chi connectivity index (χ3v) is 4.72. The Labute approximate surface area is 173 Å². The number of hydrogen-bond acceptors (Lipinski definition) is 5. The standard InChI is InChI=1S/C21H22ClN3O4/c1-4-29-20-16(22)8-14(9-17(20)28-3)10-23-18(26)11-25-12-24-19-13(2)6-5-7-15(19)21(25)27/h5-9,12H,4,10-11H2,1-3H3,(H,23,26). The Morgan fingerprint density at radius 2 is 2.10 bits per heavy atom. The van der Waals surface area contributed by atoms with Crippen molar-refractivity contribution < 1.29 is 14.3 Å². The number of methoxy groups -OCH3 is 1. The summed E-state index contributed by atoms with van der Waals surface area (Å²) in [6.07, 6.45) is 1.40. The minimum absolute atomic E-state index is 0.127. The molecular weight excluding hydrogens is 394 g/mol. The molecule has 1 amide bonds. The Balaban J connectivity index is 1.72. The van der Waals surface area contributed by atoms with Crippen molar-refractivity contribution in [3.05, 3.63) is 63.2 Å². The van der Waals surface area contributed by atoms with E-state index in [-0.39, 0.29) is 24.6 Å². The van der Waals surface area contributed by atoms with Gasteiger partial charge in [0.05, 0.1) is 36.0 Å². The zero-order valence-corrected chi connectivity index (χ0v) is 17.2. The van der Waals surface area contributed by atoms with Crippen LogP contribution in [0.25, 0.3) is 10.9 Å². The fourth-order valence-corrected chi connectivity index (χ4v) is 3.31. The van der Waals surface area contributed by atoms with Gasteiger partial charge < -0.3 is 14.8 Å². The van der Waals surface area contributed by atoms with Gasteiger partial charge in [0.2, 0.25) is 5.91 Å². The summed E-state index contributed by atoms with van der Waals surface area (Å²) in [4.78, 5) is 29.3. The number of nitrogens with zero attached hydrogens (tertiary/aromatic N) is 2. The molecule has 0 fully saturated rings. The summed E-state index contributed by atoms with van der Waals surface area (Å²) in [5, 5.41) is 3.68. The summed E-state index contributed by atoms with van der Waals surface area (Å²) in [7, 11) is 1.53. The Morgan fingerprint density at radius 1 is 1.31 bits per heavy atom. The fourth-order valence-electron chi connectivity index (χ4n) is 3.02. The normalized spacial score (nSPS) is 10.8. The Morgan fingerprint density at radius 3 is 2.83 bits per heavy atom.